The minimum absolute atomic E-state index is 0.0657. The van der Waals surface area contributed by atoms with Gasteiger partial charge in [-0.2, -0.15) is 0 Å². The first-order valence-corrected chi connectivity index (χ1v) is 6.61. The maximum atomic E-state index is 12.2. The van der Waals surface area contributed by atoms with Gasteiger partial charge in [0.15, 0.2) is 0 Å². The highest BCUT2D eigenvalue weighted by Crippen LogP contribution is 2.25. The van der Waals surface area contributed by atoms with Crippen LogP contribution in [-0.4, -0.2) is 34.6 Å². The fraction of sp³-hybridized carbons (Fsp3) is 0.462. The lowest BCUT2D eigenvalue weighted by Crippen LogP contribution is -2.45. The third-order valence-electron chi connectivity index (χ3n) is 3.29. The van der Waals surface area contributed by atoms with Crippen molar-refractivity contribution < 1.29 is 9.90 Å². The van der Waals surface area contributed by atoms with Crippen molar-refractivity contribution in [3.63, 3.8) is 0 Å². The summed E-state index contributed by atoms with van der Waals surface area (Å²) in [5.74, 6) is -0.0657. The molecular weight excluding hydrogens is 273 g/mol. The minimum Gasteiger partial charge on any atom is -0.390 e. The van der Waals surface area contributed by atoms with E-state index in [1.807, 2.05) is 0 Å². The fourth-order valence-corrected chi connectivity index (χ4v) is 2.30. The Morgan fingerprint density at radius 2 is 1.89 bits per heavy atom. The van der Waals surface area contributed by atoms with Crippen LogP contribution in [0.5, 0.6) is 0 Å². The van der Waals surface area contributed by atoms with Crippen molar-refractivity contribution in [2.75, 3.05) is 13.1 Å². The lowest BCUT2D eigenvalue weighted by atomic mass is 9.93. The first kappa shape index (κ1) is 13.7. The standard InChI is InChI=1S/C13H15Cl2NO2/c1-13(18)4-6-16(7-5-13)12(17)9-2-3-10(14)11(15)8-9/h2-3,8,18H,4-7H2,1H3. The number of aliphatic hydroxyl groups is 1. The molecule has 0 aliphatic carbocycles. The van der Waals surface area contributed by atoms with Gasteiger partial charge in [0.25, 0.3) is 5.91 Å². The van der Waals surface area contributed by atoms with Crippen LogP contribution in [0.15, 0.2) is 18.2 Å². The van der Waals surface area contributed by atoms with Crippen LogP contribution >= 0.6 is 23.2 Å². The number of likely N-dealkylation sites (tertiary alicyclic amines) is 1. The molecule has 1 heterocycles. The molecule has 0 unspecified atom stereocenters. The quantitative estimate of drug-likeness (QED) is 0.863. The largest absolute Gasteiger partial charge is 0.390 e. The zero-order valence-electron chi connectivity index (χ0n) is 10.1. The maximum Gasteiger partial charge on any atom is 0.253 e. The monoisotopic (exact) mass is 287 g/mol. The number of carbonyl (C=O) groups is 1. The molecule has 0 radical (unpaired) electrons. The molecule has 5 heteroatoms. The number of halogens is 2. The Bertz CT molecular complexity index is 464. The Labute approximate surface area is 116 Å². The Balaban J connectivity index is 2.10. The predicted octanol–water partition coefficient (Wildman–Crippen LogP) is 2.98. The molecule has 0 bridgehead atoms. The van der Waals surface area contributed by atoms with Gasteiger partial charge in [-0.15, -0.1) is 0 Å². The summed E-state index contributed by atoms with van der Waals surface area (Å²) in [6.07, 6.45) is 1.19. The van der Waals surface area contributed by atoms with Gasteiger partial charge in [-0.1, -0.05) is 23.2 Å². The second kappa shape index (κ2) is 5.08. The minimum atomic E-state index is -0.658. The third kappa shape index (κ3) is 2.97. The Morgan fingerprint density at radius 3 is 2.44 bits per heavy atom. The van der Waals surface area contributed by atoms with E-state index in [1.165, 1.54) is 0 Å². The molecule has 0 saturated carbocycles. The first-order valence-electron chi connectivity index (χ1n) is 5.86. The van der Waals surface area contributed by atoms with Gasteiger partial charge < -0.3 is 10.0 Å². The summed E-state index contributed by atoms with van der Waals surface area (Å²) < 4.78 is 0. The molecular formula is C13H15Cl2NO2. The van der Waals surface area contributed by atoms with Crippen LogP contribution in [0.25, 0.3) is 0 Å². The van der Waals surface area contributed by atoms with E-state index in [4.69, 9.17) is 23.2 Å². The number of benzene rings is 1. The smallest absolute Gasteiger partial charge is 0.253 e. The van der Waals surface area contributed by atoms with E-state index in [2.05, 4.69) is 0 Å². The van der Waals surface area contributed by atoms with E-state index in [1.54, 1.807) is 30.0 Å². The second-order valence-corrected chi connectivity index (χ2v) is 5.73. The zero-order valence-corrected chi connectivity index (χ0v) is 11.6. The summed E-state index contributed by atoms with van der Waals surface area (Å²) in [7, 11) is 0. The number of hydrogen-bond donors (Lipinski definition) is 1. The Morgan fingerprint density at radius 1 is 1.28 bits per heavy atom. The van der Waals surface area contributed by atoms with E-state index >= 15 is 0 Å². The molecule has 1 aliphatic heterocycles. The number of piperidine rings is 1. The normalized spacial score (nSPS) is 18.8. The van der Waals surface area contributed by atoms with E-state index < -0.39 is 5.60 Å². The summed E-state index contributed by atoms with van der Waals surface area (Å²) in [4.78, 5) is 14.0. The second-order valence-electron chi connectivity index (χ2n) is 4.92. The predicted molar refractivity (Wildman–Crippen MR) is 72.2 cm³/mol. The van der Waals surface area contributed by atoms with Gasteiger partial charge in [0.05, 0.1) is 15.6 Å². The summed E-state index contributed by atoms with van der Waals surface area (Å²) in [5.41, 5.74) is -0.125. The van der Waals surface area contributed by atoms with Gasteiger partial charge in [0.1, 0.15) is 0 Å². The highest BCUT2D eigenvalue weighted by molar-refractivity contribution is 6.42. The first-order chi connectivity index (χ1) is 8.39. The molecule has 1 aliphatic rings. The highest BCUT2D eigenvalue weighted by atomic mass is 35.5. The van der Waals surface area contributed by atoms with E-state index in [9.17, 15) is 9.90 Å². The van der Waals surface area contributed by atoms with Gasteiger partial charge in [0.2, 0.25) is 0 Å². The van der Waals surface area contributed by atoms with Crippen molar-refractivity contribution in [2.45, 2.75) is 25.4 Å². The number of carbonyl (C=O) groups excluding carboxylic acids is 1. The Hall–Kier alpha value is -0.770. The summed E-state index contributed by atoms with van der Waals surface area (Å²) in [5, 5.41) is 10.7. The maximum absolute atomic E-state index is 12.2. The van der Waals surface area contributed by atoms with Crippen molar-refractivity contribution in [2.24, 2.45) is 0 Å². The fourth-order valence-electron chi connectivity index (χ4n) is 2.00. The highest BCUT2D eigenvalue weighted by Gasteiger charge is 2.30. The average Bonchev–Trinajstić information content (AvgIpc) is 2.32. The average molecular weight is 288 g/mol. The third-order valence-corrected chi connectivity index (χ3v) is 4.03. The van der Waals surface area contributed by atoms with Crippen molar-refractivity contribution >= 4 is 29.1 Å². The lowest BCUT2D eigenvalue weighted by molar-refractivity contribution is -0.00202. The van der Waals surface area contributed by atoms with Crippen molar-refractivity contribution in [1.82, 2.24) is 4.90 Å². The summed E-state index contributed by atoms with van der Waals surface area (Å²) in [6, 6.07) is 4.87. The zero-order chi connectivity index (χ0) is 13.3. The van der Waals surface area contributed by atoms with E-state index in [0.717, 1.165) is 0 Å². The van der Waals surface area contributed by atoms with E-state index in [0.29, 0.717) is 41.5 Å². The van der Waals surface area contributed by atoms with Crippen LogP contribution in [0.2, 0.25) is 10.0 Å². The van der Waals surface area contributed by atoms with Crippen LogP contribution in [0, 0.1) is 0 Å². The molecule has 1 aromatic rings. The van der Waals surface area contributed by atoms with Gasteiger partial charge in [-0.25, -0.2) is 0 Å². The lowest BCUT2D eigenvalue weighted by Gasteiger charge is -2.35. The molecule has 0 aromatic heterocycles. The van der Waals surface area contributed by atoms with E-state index in [-0.39, 0.29) is 5.91 Å². The van der Waals surface area contributed by atoms with Crippen LogP contribution in [0.3, 0.4) is 0 Å². The van der Waals surface area contributed by atoms with Gasteiger partial charge in [0, 0.05) is 18.7 Å². The molecule has 98 valence electrons. The molecule has 0 atom stereocenters. The number of rotatable bonds is 1. The Kier molecular flexibility index (Phi) is 3.85. The summed E-state index contributed by atoms with van der Waals surface area (Å²) >= 11 is 11.7. The SMILES string of the molecule is CC1(O)CCN(C(=O)c2ccc(Cl)c(Cl)c2)CC1. The van der Waals surface area contributed by atoms with Crippen LogP contribution in [-0.2, 0) is 0 Å². The topological polar surface area (TPSA) is 40.5 Å². The van der Waals surface area contributed by atoms with Gasteiger partial charge in [-0.3, -0.25) is 4.79 Å². The van der Waals surface area contributed by atoms with Crippen LogP contribution < -0.4 is 0 Å². The molecule has 1 aromatic carbocycles. The summed E-state index contributed by atoms with van der Waals surface area (Å²) in [6.45, 7) is 2.92. The van der Waals surface area contributed by atoms with Crippen molar-refractivity contribution in [3.8, 4) is 0 Å². The van der Waals surface area contributed by atoms with Crippen molar-refractivity contribution in [1.29, 1.82) is 0 Å². The molecule has 1 fully saturated rings. The van der Waals surface area contributed by atoms with Crippen LogP contribution in [0.1, 0.15) is 30.1 Å². The number of hydrogen-bond acceptors (Lipinski definition) is 2. The molecule has 1 saturated heterocycles. The molecule has 2 rings (SSSR count). The van der Waals surface area contributed by atoms with Gasteiger partial charge in [-0.05, 0) is 38.0 Å². The molecule has 1 amide bonds. The van der Waals surface area contributed by atoms with Crippen LogP contribution in [0.4, 0.5) is 0 Å². The molecule has 18 heavy (non-hydrogen) atoms. The number of nitrogens with zero attached hydrogens (tertiary/aromatic N) is 1. The van der Waals surface area contributed by atoms with Gasteiger partial charge >= 0.3 is 0 Å². The molecule has 0 spiro atoms. The molecule has 1 N–H and O–H groups in total. The number of amides is 1. The molecule has 3 nitrogen and oxygen atoms in total. The van der Waals surface area contributed by atoms with Crippen molar-refractivity contribution in [3.05, 3.63) is 33.8 Å².